The molecule has 0 amide bonds. The quantitative estimate of drug-likeness (QED) is 0.736. The number of unbranched alkanes of at least 4 members (excludes halogenated alkanes) is 1. The van der Waals surface area contributed by atoms with Crippen molar-refractivity contribution in [3.05, 3.63) is 0 Å². The molecular weight excluding hydrogens is 214 g/mol. The highest BCUT2D eigenvalue weighted by molar-refractivity contribution is 7.89. The number of morpholine rings is 1. The molecule has 1 heterocycles. The Balaban J connectivity index is 2.67. The Hall–Kier alpha value is -0.130. The molecule has 1 fully saturated rings. The minimum Gasteiger partial charge on any atom is -0.375 e. The van der Waals surface area contributed by atoms with Crippen molar-refractivity contribution in [2.75, 3.05) is 18.9 Å². The van der Waals surface area contributed by atoms with Crippen LogP contribution in [-0.4, -0.2) is 43.8 Å². The van der Waals surface area contributed by atoms with Gasteiger partial charge in [0.15, 0.2) is 0 Å². The van der Waals surface area contributed by atoms with Gasteiger partial charge in [0.1, 0.15) is 0 Å². The van der Waals surface area contributed by atoms with Crippen molar-refractivity contribution in [2.24, 2.45) is 0 Å². The van der Waals surface area contributed by atoms with Gasteiger partial charge < -0.3 is 4.74 Å². The zero-order chi connectivity index (χ0) is 11.5. The Morgan fingerprint density at radius 3 is 2.67 bits per heavy atom. The average molecular weight is 235 g/mol. The number of hydrogen-bond donors (Lipinski definition) is 0. The van der Waals surface area contributed by atoms with Crippen LogP contribution in [0.15, 0.2) is 0 Å². The third kappa shape index (κ3) is 3.43. The molecule has 1 saturated heterocycles. The fourth-order valence-corrected chi connectivity index (χ4v) is 3.64. The van der Waals surface area contributed by atoms with Crippen LogP contribution in [0.3, 0.4) is 0 Å². The van der Waals surface area contributed by atoms with E-state index in [1.165, 1.54) is 0 Å². The maximum absolute atomic E-state index is 12.0. The van der Waals surface area contributed by atoms with Crippen LogP contribution in [0.5, 0.6) is 0 Å². The zero-order valence-corrected chi connectivity index (χ0v) is 10.6. The Morgan fingerprint density at radius 2 is 2.07 bits per heavy atom. The summed E-state index contributed by atoms with van der Waals surface area (Å²) < 4.78 is 30.9. The first-order valence-electron chi connectivity index (χ1n) is 5.58. The van der Waals surface area contributed by atoms with Crippen molar-refractivity contribution in [1.29, 1.82) is 0 Å². The van der Waals surface area contributed by atoms with Crippen molar-refractivity contribution < 1.29 is 13.2 Å². The van der Waals surface area contributed by atoms with Crippen LogP contribution in [0.1, 0.15) is 33.6 Å². The van der Waals surface area contributed by atoms with Gasteiger partial charge in [-0.1, -0.05) is 13.3 Å². The topological polar surface area (TPSA) is 46.6 Å². The molecular formula is C10H21NO3S. The van der Waals surface area contributed by atoms with Crippen molar-refractivity contribution >= 4 is 10.0 Å². The Morgan fingerprint density at radius 1 is 1.40 bits per heavy atom. The van der Waals surface area contributed by atoms with Crippen LogP contribution in [0, 0.1) is 0 Å². The molecule has 0 N–H and O–H groups in total. The SMILES string of the molecule is CCCCS(=O)(=O)N1CC(C)OCC1C. The molecule has 0 aliphatic carbocycles. The second-order valence-electron chi connectivity index (χ2n) is 4.23. The second-order valence-corrected chi connectivity index (χ2v) is 6.27. The Bertz CT molecular complexity index is 289. The van der Waals surface area contributed by atoms with Gasteiger partial charge in [-0.2, -0.15) is 4.31 Å². The van der Waals surface area contributed by atoms with Crippen LogP contribution in [0.25, 0.3) is 0 Å². The van der Waals surface area contributed by atoms with E-state index in [1.807, 2.05) is 20.8 Å². The van der Waals surface area contributed by atoms with E-state index in [1.54, 1.807) is 4.31 Å². The molecule has 15 heavy (non-hydrogen) atoms. The summed E-state index contributed by atoms with van der Waals surface area (Å²) in [5, 5.41) is 0. The van der Waals surface area contributed by atoms with Gasteiger partial charge >= 0.3 is 0 Å². The first-order valence-corrected chi connectivity index (χ1v) is 7.19. The molecule has 0 saturated carbocycles. The van der Waals surface area contributed by atoms with E-state index in [0.717, 1.165) is 12.8 Å². The minimum absolute atomic E-state index is 0.0117. The van der Waals surface area contributed by atoms with E-state index in [4.69, 9.17) is 4.74 Å². The number of nitrogens with zero attached hydrogens (tertiary/aromatic N) is 1. The summed E-state index contributed by atoms with van der Waals surface area (Å²) in [7, 11) is -3.07. The third-order valence-corrected chi connectivity index (χ3v) is 4.69. The lowest BCUT2D eigenvalue weighted by atomic mass is 10.2. The maximum Gasteiger partial charge on any atom is 0.214 e. The average Bonchev–Trinajstić information content (AvgIpc) is 2.18. The van der Waals surface area contributed by atoms with Crippen molar-refractivity contribution in [2.45, 2.75) is 45.8 Å². The highest BCUT2D eigenvalue weighted by atomic mass is 32.2. The molecule has 0 aromatic heterocycles. The Kier molecular flexibility index (Phi) is 4.55. The van der Waals surface area contributed by atoms with Crippen molar-refractivity contribution in [1.82, 2.24) is 4.31 Å². The predicted octanol–water partition coefficient (Wildman–Crippen LogP) is 1.23. The lowest BCUT2D eigenvalue weighted by Crippen LogP contribution is -2.50. The van der Waals surface area contributed by atoms with Crippen LogP contribution >= 0.6 is 0 Å². The van der Waals surface area contributed by atoms with Gasteiger partial charge in [0, 0.05) is 12.6 Å². The van der Waals surface area contributed by atoms with Crippen LogP contribution in [0.4, 0.5) is 0 Å². The number of ether oxygens (including phenoxy) is 1. The molecule has 1 aliphatic rings. The normalized spacial score (nSPS) is 29.3. The molecule has 4 nitrogen and oxygen atoms in total. The summed E-state index contributed by atoms with van der Waals surface area (Å²) in [6.45, 7) is 6.81. The summed E-state index contributed by atoms with van der Waals surface area (Å²) in [6.07, 6.45) is 1.66. The van der Waals surface area contributed by atoms with E-state index >= 15 is 0 Å². The van der Waals surface area contributed by atoms with Crippen molar-refractivity contribution in [3.63, 3.8) is 0 Å². The van der Waals surface area contributed by atoms with E-state index < -0.39 is 10.0 Å². The molecule has 5 heteroatoms. The van der Waals surface area contributed by atoms with E-state index in [0.29, 0.717) is 13.2 Å². The zero-order valence-electron chi connectivity index (χ0n) is 9.77. The van der Waals surface area contributed by atoms with Crippen LogP contribution in [-0.2, 0) is 14.8 Å². The summed E-state index contributed by atoms with van der Waals surface area (Å²) in [6, 6.07) is -0.0249. The molecule has 1 aliphatic heterocycles. The first kappa shape index (κ1) is 12.9. The monoisotopic (exact) mass is 235 g/mol. The number of hydrogen-bond acceptors (Lipinski definition) is 3. The molecule has 2 unspecified atom stereocenters. The van der Waals surface area contributed by atoms with Gasteiger partial charge in [-0.05, 0) is 20.3 Å². The van der Waals surface area contributed by atoms with E-state index in [9.17, 15) is 8.42 Å². The highest BCUT2D eigenvalue weighted by Crippen LogP contribution is 2.16. The molecule has 90 valence electrons. The molecule has 1 rings (SSSR count). The standard InChI is InChI=1S/C10H21NO3S/c1-4-5-6-15(12,13)11-7-10(3)14-8-9(11)2/h9-10H,4-8H2,1-3H3. The van der Waals surface area contributed by atoms with Gasteiger partial charge in [0.25, 0.3) is 0 Å². The smallest absolute Gasteiger partial charge is 0.214 e. The largest absolute Gasteiger partial charge is 0.375 e. The number of sulfonamides is 1. The lowest BCUT2D eigenvalue weighted by Gasteiger charge is -2.35. The van der Waals surface area contributed by atoms with Gasteiger partial charge in [-0.3, -0.25) is 0 Å². The Labute approximate surface area is 92.7 Å². The van der Waals surface area contributed by atoms with Crippen molar-refractivity contribution in [3.8, 4) is 0 Å². The molecule has 0 spiro atoms. The summed E-state index contributed by atoms with van der Waals surface area (Å²) in [5.74, 6) is 0.264. The minimum atomic E-state index is -3.07. The maximum atomic E-state index is 12.0. The first-order chi connectivity index (χ1) is 6.97. The molecule has 2 atom stereocenters. The third-order valence-electron chi connectivity index (χ3n) is 2.66. The van der Waals surface area contributed by atoms with E-state index in [2.05, 4.69) is 0 Å². The lowest BCUT2D eigenvalue weighted by molar-refractivity contribution is -0.0170. The fraction of sp³-hybridized carbons (Fsp3) is 1.00. The van der Waals surface area contributed by atoms with Crippen LogP contribution < -0.4 is 0 Å². The predicted molar refractivity (Wildman–Crippen MR) is 60.3 cm³/mol. The summed E-state index contributed by atoms with van der Waals surface area (Å²) >= 11 is 0. The van der Waals surface area contributed by atoms with E-state index in [-0.39, 0.29) is 17.9 Å². The fourth-order valence-electron chi connectivity index (χ4n) is 1.70. The highest BCUT2D eigenvalue weighted by Gasteiger charge is 2.32. The molecule has 0 aromatic carbocycles. The van der Waals surface area contributed by atoms with Crippen LogP contribution in [0.2, 0.25) is 0 Å². The van der Waals surface area contributed by atoms with Gasteiger partial charge in [0.2, 0.25) is 10.0 Å². The second kappa shape index (κ2) is 5.27. The summed E-state index contributed by atoms with van der Waals surface area (Å²) in [5.41, 5.74) is 0. The van der Waals surface area contributed by atoms with Gasteiger partial charge in [-0.15, -0.1) is 0 Å². The summed E-state index contributed by atoms with van der Waals surface area (Å²) in [4.78, 5) is 0. The van der Waals surface area contributed by atoms with Gasteiger partial charge in [0.05, 0.1) is 18.5 Å². The molecule has 0 aromatic rings. The van der Waals surface area contributed by atoms with Gasteiger partial charge in [-0.25, -0.2) is 8.42 Å². The number of rotatable bonds is 4. The molecule has 0 radical (unpaired) electrons. The molecule has 0 bridgehead atoms.